The quantitative estimate of drug-likeness (QED) is 0.0297. The highest BCUT2D eigenvalue weighted by Gasteiger charge is 2.52. The first-order valence-electron chi connectivity index (χ1n) is 41.0. The molecule has 0 atom stereocenters. The van der Waals surface area contributed by atoms with Crippen molar-refractivity contribution in [2.24, 2.45) is 49.3 Å². The summed E-state index contributed by atoms with van der Waals surface area (Å²) in [5, 5.41) is 41.1. The standard InChI is InChI=1S/C22H22ClN7O3.C13H13ClN2O3.C11H19BN2O2.C9H10BrN5.C9H11N5.C8H11BO4.C5H4Cl2N2O.C4H4BrN3.C4H7N.C2Cl2O2.B2/c1-11-14(9-30(3)28-11)15-8-25-21(24)20(26-15)16-10-29(2)22(31)19(27-16)13-6-12(32-4)7-17(33-5)18(13)23;1-16-7-11(14)15-12(13(16)17)8-4-9(18-2)6-10(5-8)19-3;1-8-9(7-14(6)13-8)12-15-10(2,3)11(4,5)16-12;1-5-6(4-15(2)14-5)7-3-12-9(11)8(10)13-7;1-6-7(5-14(2)13-6)8-3-12-9(10)4-11-8;1-12-7-3-6(9(10)11)4-8(5-7)13-2;1-9-2-3(6)8-4(7)5(9)10;5-3-1-8-4(6)2-7-3;1-2-3-4-5;3-1(5)2(4)6;1-2/h6-10H,1-5H3,(H2,24,25);4-7H,1-3H3;7H,1-6H3;3-4H,1-2H3,(H2,11,12);3-5H,1-2H3,(H2,10,12);3-5,10-11H,1-2H3;2H,1H3;1-2H,(H2,6,8);2-3H2,1H3;;/q;;;;;;;;;;-1. The summed E-state index contributed by atoms with van der Waals surface area (Å²) in [6, 6.07) is 15.1. The molecule has 1 aliphatic rings. The van der Waals surface area contributed by atoms with Gasteiger partial charge in [-0.25, -0.2) is 49.8 Å². The molecule has 11 aromatic heterocycles. The number of nitrogen functional groups attached to an aromatic ring is 4. The number of anilines is 4. The molecule has 0 amide bonds. The van der Waals surface area contributed by atoms with E-state index >= 15 is 0 Å². The number of nitrogens with two attached hydrogens (primary N) is 4. The third-order valence-electron chi connectivity index (χ3n) is 19.2. The summed E-state index contributed by atoms with van der Waals surface area (Å²) in [5.41, 5.74) is 32.8. The zero-order valence-electron chi connectivity index (χ0n) is 80.7. The van der Waals surface area contributed by atoms with Gasteiger partial charge in [-0.2, -0.15) is 25.7 Å². The lowest BCUT2D eigenvalue weighted by Crippen LogP contribution is -2.41. The van der Waals surface area contributed by atoms with Gasteiger partial charge in [-0.1, -0.05) is 53.3 Å². The molecule has 1 aliphatic heterocycles. The number of methoxy groups -OCH3 is 6. The zero-order chi connectivity index (χ0) is 106. The van der Waals surface area contributed by atoms with Gasteiger partial charge in [-0.3, -0.25) is 47.7 Å². The number of unbranched alkanes of at least 4 members (excludes halogenated alkanes) is 1. The van der Waals surface area contributed by atoms with Crippen molar-refractivity contribution in [2.75, 3.05) is 65.6 Å². The third kappa shape index (κ3) is 35.1. The molecule has 5 radical (unpaired) electrons. The minimum absolute atomic E-state index is 0.0985. The Bertz CT molecular complexity index is 6700. The molecule has 0 spiro atoms. The van der Waals surface area contributed by atoms with Gasteiger partial charge in [0.15, 0.2) is 16.8 Å². The van der Waals surface area contributed by atoms with Crippen molar-refractivity contribution >= 4 is 176 Å². The van der Waals surface area contributed by atoms with Crippen LogP contribution in [0.15, 0.2) is 153 Å². The summed E-state index contributed by atoms with van der Waals surface area (Å²) in [6.07, 6.45) is 23.2. The molecule has 1 fully saturated rings. The Morgan fingerprint density at radius 2 is 0.901 bits per heavy atom. The van der Waals surface area contributed by atoms with Gasteiger partial charge < -0.3 is 99.9 Å². The number of nitriles is 1. The first-order chi connectivity index (χ1) is 66.4. The lowest BCUT2D eigenvalue weighted by Gasteiger charge is -2.32. The molecule has 15 rings (SSSR count). The highest BCUT2D eigenvalue weighted by Crippen LogP contribution is 2.40. The summed E-state index contributed by atoms with van der Waals surface area (Å²) in [4.78, 5) is 100.0. The summed E-state index contributed by atoms with van der Waals surface area (Å²) >= 11 is 38.6. The number of rotatable bonds is 16. The van der Waals surface area contributed by atoms with Crippen LogP contribution in [-0.2, 0) is 68.2 Å². The van der Waals surface area contributed by atoms with Crippen LogP contribution in [0.25, 0.3) is 67.7 Å². The van der Waals surface area contributed by atoms with Crippen LogP contribution >= 0.6 is 101 Å². The second-order valence-electron chi connectivity index (χ2n) is 30.1. The van der Waals surface area contributed by atoms with Crippen molar-refractivity contribution in [1.82, 2.24) is 108 Å². The Kier molecular flexibility index (Phi) is 47.0. The van der Waals surface area contributed by atoms with Crippen LogP contribution in [0, 0.1) is 39.0 Å². The number of carbonyl (C=O) groups excluding carboxylic acids is 2. The van der Waals surface area contributed by atoms with Gasteiger partial charge in [-0.05, 0) is 153 Å². The fraction of sp³-hybridized carbons (Fsp3) is 0.299. The maximum atomic E-state index is 13.0. The van der Waals surface area contributed by atoms with Gasteiger partial charge in [0.1, 0.15) is 88.4 Å². The minimum atomic E-state index is -1.51. The Morgan fingerprint density at radius 1 is 0.489 bits per heavy atom. The first kappa shape index (κ1) is 119. The normalized spacial score (nSPS) is 11.4. The molecule has 54 heteroatoms. The number of nitrogens with zero attached hydrogens (tertiary/aromatic N) is 23. The fourth-order valence-corrected chi connectivity index (χ4v) is 13.1. The number of hydrogen-bond donors (Lipinski definition) is 6. The van der Waals surface area contributed by atoms with E-state index in [1.807, 2.05) is 93.7 Å². The number of aryl methyl sites for hydroxylation is 11. The van der Waals surface area contributed by atoms with E-state index in [-0.39, 0.29) is 72.7 Å². The predicted octanol–water partition coefficient (Wildman–Crippen LogP) is 10.7. The van der Waals surface area contributed by atoms with E-state index in [0.29, 0.717) is 101 Å². The molecular formula is C87H101B4Br2Cl6N27O15-. The van der Waals surface area contributed by atoms with Crippen LogP contribution < -0.4 is 79.0 Å². The molecule has 1 saturated heterocycles. The number of ether oxygens (including phenoxy) is 6. The first-order valence-corrected chi connectivity index (χ1v) is 44.9. The number of benzene rings is 3. The Morgan fingerprint density at radius 3 is 1.29 bits per heavy atom. The van der Waals surface area contributed by atoms with Crippen LogP contribution in [-0.4, -0.2) is 212 Å². The maximum Gasteiger partial charge on any atom is 0.498 e. The van der Waals surface area contributed by atoms with Crippen molar-refractivity contribution in [3.05, 3.63) is 213 Å². The molecule has 10 N–H and O–H groups in total. The summed E-state index contributed by atoms with van der Waals surface area (Å²) in [7, 11) is 27.5. The molecule has 0 saturated carbocycles. The van der Waals surface area contributed by atoms with Crippen molar-refractivity contribution in [3.8, 4) is 108 Å². The maximum absolute atomic E-state index is 13.0. The van der Waals surface area contributed by atoms with Gasteiger partial charge in [-0.15, -0.1) is 0 Å². The number of aromatic nitrogens is 22. The molecular weight excluding hydrogens is 2080 g/mol. The molecule has 141 heavy (non-hydrogen) atoms. The molecule has 743 valence electrons. The minimum Gasteiger partial charge on any atom is -0.693 e. The van der Waals surface area contributed by atoms with Crippen LogP contribution in [0.5, 0.6) is 34.5 Å². The van der Waals surface area contributed by atoms with Gasteiger partial charge in [0, 0.05) is 151 Å². The van der Waals surface area contributed by atoms with Crippen molar-refractivity contribution in [2.45, 2.75) is 86.4 Å². The SMILES string of the molecule is CCCC#N.COc1cc(OC)c(Cl)c(-c2nc(-c3nc(-c4cn(C)nc4C)cnc3N)cn(C)c2=O)c1.COc1cc(OC)cc(-c2nc(Cl)cn(C)c2=O)c1.COc1cc(OC)cc(B(O)O)c1.Cc1nn(C)cc1-c1cnc(N)c(Br)n1.Cc1nn(C)cc1-c1cnc(N)cn1.Cc1nn(C)cc1B1OC(C)(C)C(C)(C)O1.Cn1cc(Cl)nc(Cl)c1=O.Nc1cnc(Br)cn1.O=C(Cl)C(=O)Cl.[B][B-]. The molecule has 0 aliphatic carbocycles. The Balaban J connectivity index is 0.000000288. The summed E-state index contributed by atoms with van der Waals surface area (Å²) < 4.78 is 55.1. The van der Waals surface area contributed by atoms with Gasteiger partial charge >= 0.3 is 24.7 Å². The summed E-state index contributed by atoms with van der Waals surface area (Å²) in [6.45, 7) is 17.9. The average Bonchev–Trinajstić information content (AvgIpc) is 1.60. The van der Waals surface area contributed by atoms with Crippen LogP contribution in [0.2, 0.25) is 20.5 Å². The molecule has 12 heterocycles. The van der Waals surface area contributed by atoms with E-state index < -0.39 is 17.6 Å². The number of carbonyl (C=O) groups is 2. The monoisotopic (exact) mass is 2180 g/mol. The Hall–Kier alpha value is -12.9. The number of halogens is 8. The molecule has 42 nitrogen and oxygen atoms in total. The number of hydrogen-bond acceptors (Lipinski definition) is 35. The zero-order valence-corrected chi connectivity index (χ0v) is 88.4. The second-order valence-corrected chi connectivity index (χ2v) is 33.9. The van der Waals surface area contributed by atoms with E-state index in [9.17, 15) is 24.0 Å². The van der Waals surface area contributed by atoms with E-state index in [1.165, 1.54) is 72.9 Å². The average molecular weight is 2180 g/mol. The lowest BCUT2D eigenvalue weighted by atomic mass is 9.79. The van der Waals surface area contributed by atoms with Crippen molar-refractivity contribution in [3.63, 3.8) is 0 Å². The van der Waals surface area contributed by atoms with Crippen LogP contribution in [0.1, 0.15) is 70.2 Å². The van der Waals surface area contributed by atoms with E-state index in [1.54, 1.807) is 128 Å². The molecule has 0 unspecified atom stereocenters. The van der Waals surface area contributed by atoms with Crippen molar-refractivity contribution < 1.29 is 57.4 Å². The van der Waals surface area contributed by atoms with Crippen LogP contribution in [0.4, 0.5) is 23.3 Å². The highest BCUT2D eigenvalue weighted by atomic mass is 79.9. The van der Waals surface area contributed by atoms with E-state index in [0.717, 1.165) is 62.7 Å². The van der Waals surface area contributed by atoms with Gasteiger partial charge in [0.2, 0.25) is 0 Å². The topological polar surface area (TPSA) is 555 Å². The van der Waals surface area contributed by atoms with Gasteiger partial charge in [0.25, 0.3) is 16.7 Å². The van der Waals surface area contributed by atoms with E-state index in [4.69, 9.17) is 122 Å². The molecule has 3 aromatic carbocycles. The predicted molar refractivity (Wildman–Crippen MR) is 553 cm³/mol. The van der Waals surface area contributed by atoms with Crippen LogP contribution in [0.3, 0.4) is 0 Å². The second kappa shape index (κ2) is 55.9. The molecule has 0 bridgehead atoms. The Labute approximate surface area is 862 Å². The largest absolute Gasteiger partial charge is 0.693 e. The molecule has 14 aromatic rings. The highest BCUT2D eigenvalue weighted by molar-refractivity contribution is 9.10. The summed E-state index contributed by atoms with van der Waals surface area (Å²) in [5.74, 6) is 4.47. The lowest BCUT2D eigenvalue weighted by molar-refractivity contribution is -0.127. The van der Waals surface area contributed by atoms with Gasteiger partial charge in [0.05, 0.1) is 142 Å². The van der Waals surface area contributed by atoms with E-state index in [2.05, 4.69) is 173 Å². The van der Waals surface area contributed by atoms with Crippen molar-refractivity contribution in [1.29, 1.82) is 5.26 Å². The smallest absolute Gasteiger partial charge is 0.498 e. The third-order valence-corrected chi connectivity index (χ3v) is 21.6. The fourth-order valence-electron chi connectivity index (χ4n) is 11.6.